The predicted octanol–water partition coefficient (Wildman–Crippen LogP) is 5.15. The zero-order valence-corrected chi connectivity index (χ0v) is 21.0. The Morgan fingerprint density at radius 1 is 1.03 bits per heavy atom. The Hall–Kier alpha value is -3.50. The van der Waals surface area contributed by atoms with E-state index in [0.717, 1.165) is 21.3 Å². The molecule has 0 saturated carbocycles. The number of fused-ring (bicyclic) bond motifs is 1. The lowest BCUT2D eigenvalue weighted by Crippen LogP contribution is -2.12. The maximum absolute atomic E-state index is 12.9. The van der Waals surface area contributed by atoms with Crippen LogP contribution in [0, 0.1) is 27.7 Å². The van der Waals surface area contributed by atoms with E-state index in [2.05, 4.69) is 20.5 Å². The van der Waals surface area contributed by atoms with E-state index in [-0.39, 0.29) is 16.4 Å². The first kappa shape index (κ1) is 23.7. The fraction of sp³-hybridized carbons (Fsp3) is 0.208. The summed E-state index contributed by atoms with van der Waals surface area (Å²) in [7, 11) is -2.58. The molecular formula is C24H24N4O4S2. The average molecular weight is 497 g/mol. The quantitative estimate of drug-likeness (QED) is 0.214. The molecule has 176 valence electrons. The van der Waals surface area contributed by atoms with Crippen molar-refractivity contribution in [2.24, 2.45) is 5.10 Å². The molecule has 1 N–H and O–H groups in total. The second kappa shape index (κ2) is 9.40. The Bertz CT molecular complexity index is 1510. The molecular weight excluding hydrogens is 472 g/mol. The van der Waals surface area contributed by atoms with Crippen LogP contribution < -0.4 is 14.3 Å². The fourth-order valence-corrected chi connectivity index (χ4v) is 5.66. The molecule has 34 heavy (non-hydrogen) atoms. The minimum absolute atomic E-state index is 0.0930. The molecule has 0 radical (unpaired) electrons. The van der Waals surface area contributed by atoms with Gasteiger partial charge < -0.3 is 8.92 Å². The van der Waals surface area contributed by atoms with Gasteiger partial charge in [0, 0.05) is 4.88 Å². The molecule has 0 spiro atoms. The van der Waals surface area contributed by atoms with E-state index in [4.69, 9.17) is 8.92 Å². The van der Waals surface area contributed by atoms with E-state index >= 15 is 0 Å². The summed E-state index contributed by atoms with van der Waals surface area (Å²) in [6, 6.07) is 10.1. The van der Waals surface area contributed by atoms with Crippen LogP contribution in [-0.4, -0.2) is 31.7 Å². The number of benzene rings is 2. The first-order valence-corrected chi connectivity index (χ1v) is 12.6. The largest absolute Gasteiger partial charge is 0.493 e. The monoisotopic (exact) mass is 496 g/mol. The number of ether oxygens (including phenoxy) is 1. The van der Waals surface area contributed by atoms with E-state index in [1.165, 1.54) is 24.4 Å². The van der Waals surface area contributed by atoms with Crippen molar-refractivity contribution in [1.29, 1.82) is 0 Å². The molecule has 0 fully saturated rings. The number of rotatable bonds is 7. The van der Waals surface area contributed by atoms with Gasteiger partial charge in [0.1, 0.15) is 16.1 Å². The number of hydrogen-bond donors (Lipinski definition) is 1. The second-order valence-corrected chi connectivity index (χ2v) is 10.5. The molecule has 0 aliphatic carbocycles. The van der Waals surface area contributed by atoms with E-state index in [9.17, 15) is 8.42 Å². The normalized spacial score (nSPS) is 11.8. The van der Waals surface area contributed by atoms with Crippen LogP contribution in [0.2, 0.25) is 0 Å². The van der Waals surface area contributed by atoms with Crippen molar-refractivity contribution in [2.75, 3.05) is 12.5 Å². The van der Waals surface area contributed by atoms with Gasteiger partial charge in [-0.25, -0.2) is 9.97 Å². The van der Waals surface area contributed by atoms with Crippen LogP contribution in [0.15, 0.2) is 52.7 Å². The number of aryl methyl sites for hydroxylation is 4. The van der Waals surface area contributed by atoms with E-state index < -0.39 is 10.1 Å². The van der Waals surface area contributed by atoms with Crippen LogP contribution in [-0.2, 0) is 10.1 Å². The number of aromatic nitrogens is 2. The van der Waals surface area contributed by atoms with Gasteiger partial charge in [-0.3, -0.25) is 5.43 Å². The molecule has 0 amide bonds. The van der Waals surface area contributed by atoms with Gasteiger partial charge in [0.2, 0.25) is 0 Å². The number of nitrogens with one attached hydrogen (secondary N) is 1. The van der Waals surface area contributed by atoms with Crippen LogP contribution >= 0.6 is 11.3 Å². The summed E-state index contributed by atoms with van der Waals surface area (Å²) in [6.45, 7) is 7.63. The highest BCUT2D eigenvalue weighted by molar-refractivity contribution is 7.87. The predicted molar refractivity (Wildman–Crippen MR) is 135 cm³/mol. The van der Waals surface area contributed by atoms with Crippen molar-refractivity contribution in [3.8, 4) is 11.5 Å². The highest BCUT2D eigenvalue weighted by Crippen LogP contribution is 2.33. The van der Waals surface area contributed by atoms with Gasteiger partial charge in [0.25, 0.3) is 0 Å². The lowest BCUT2D eigenvalue weighted by atomic mass is 10.2. The van der Waals surface area contributed by atoms with E-state index in [1.807, 2.05) is 26.8 Å². The van der Waals surface area contributed by atoms with Gasteiger partial charge in [-0.15, -0.1) is 11.3 Å². The summed E-state index contributed by atoms with van der Waals surface area (Å²) < 4.78 is 36.5. The molecule has 10 heteroatoms. The summed E-state index contributed by atoms with van der Waals surface area (Å²) in [6.07, 6.45) is 3.09. The SMILES string of the molecule is COc1cc(/C=N\Nc2ncnc3sc(C)c(C)c23)ccc1OS(=O)(=O)c1cc(C)ccc1C. The first-order valence-electron chi connectivity index (χ1n) is 10.4. The maximum atomic E-state index is 12.9. The van der Waals surface area contributed by atoms with Crippen molar-refractivity contribution in [3.05, 3.63) is 69.9 Å². The van der Waals surface area contributed by atoms with Crippen molar-refractivity contribution in [1.82, 2.24) is 9.97 Å². The molecule has 0 saturated heterocycles. The molecule has 2 heterocycles. The molecule has 2 aromatic carbocycles. The van der Waals surface area contributed by atoms with Gasteiger partial charge in [-0.05, 0) is 74.2 Å². The van der Waals surface area contributed by atoms with Gasteiger partial charge in [0.15, 0.2) is 17.3 Å². The fourth-order valence-electron chi connectivity index (χ4n) is 3.41. The van der Waals surface area contributed by atoms with Gasteiger partial charge in [-0.2, -0.15) is 13.5 Å². The van der Waals surface area contributed by atoms with Crippen molar-refractivity contribution < 1.29 is 17.3 Å². The Morgan fingerprint density at radius 2 is 1.82 bits per heavy atom. The summed E-state index contributed by atoms with van der Waals surface area (Å²) >= 11 is 1.61. The molecule has 0 atom stereocenters. The number of nitrogens with zero attached hydrogens (tertiary/aromatic N) is 3. The van der Waals surface area contributed by atoms with Crippen LogP contribution in [0.5, 0.6) is 11.5 Å². The average Bonchev–Trinajstić information content (AvgIpc) is 3.10. The van der Waals surface area contributed by atoms with Crippen LogP contribution in [0.25, 0.3) is 10.2 Å². The Labute approximate surface area is 202 Å². The van der Waals surface area contributed by atoms with Gasteiger partial charge in [0.05, 0.1) is 18.7 Å². The Balaban J connectivity index is 1.56. The van der Waals surface area contributed by atoms with E-state index in [0.29, 0.717) is 16.9 Å². The Morgan fingerprint density at radius 3 is 2.59 bits per heavy atom. The topological polar surface area (TPSA) is 103 Å². The summed E-state index contributed by atoms with van der Waals surface area (Å²) in [4.78, 5) is 10.8. The zero-order chi connectivity index (χ0) is 24.5. The van der Waals surface area contributed by atoms with Gasteiger partial charge >= 0.3 is 10.1 Å². The number of anilines is 1. The standard InChI is InChI=1S/C24H24N4O4S2/c1-14-6-7-15(2)21(10-14)34(29,30)32-19-9-8-18(11-20(19)31-5)12-27-28-23-22-16(3)17(4)33-24(22)26-13-25-23/h6-13H,1-5H3,(H,25,26,28)/b27-12-. The lowest BCUT2D eigenvalue weighted by Gasteiger charge is -2.13. The third-order valence-electron chi connectivity index (χ3n) is 5.35. The molecule has 4 aromatic rings. The number of hydrogen-bond acceptors (Lipinski definition) is 9. The molecule has 0 aliphatic heterocycles. The summed E-state index contributed by atoms with van der Waals surface area (Å²) in [5.41, 5.74) is 6.20. The summed E-state index contributed by atoms with van der Waals surface area (Å²) in [5.74, 6) is 0.983. The molecule has 4 rings (SSSR count). The van der Waals surface area contributed by atoms with E-state index in [1.54, 1.807) is 48.7 Å². The summed E-state index contributed by atoms with van der Waals surface area (Å²) in [5, 5.41) is 5.23. The third kappa shape index (κ3) is 4.73. The Kier molecular flexibility index (Phi) is 6.54. The minimum Gasteiger partial charge on any atom is -0.493 e. The number of thiophene rings is 1. The van der Waals surface area contributed by atoms with Gasteiger partial charge in [-0.1, -0.05) is 12.1 Å². The van der Waals surface area contributed by atoms with Crippen molar-refractivity contribution >= 4 is 43.7 Å². The van der Waals surface area contributed by atoms with Crippen LogP contribution in [0.3, 0.4) is 0 Å². The van der Waals surface area contributed by atoms with Crippen LogP contribution in [0.4, 0.5) is 5.82 Å². The molecule has 0 aliphatic rings. The molecule has 8 nitrogen and oxygen atoms in total. The molecule has 0 unspecified atom stereocenters. The highest BCUT2D eigenvalue weighted by atomic mass is 32.2. The highest BCUT2D eigenvalue weighted by Gasteiger charge is 2.21. The second-order valence-electron chi connectivity index (χ2n) is 7.77. The van der Waals surface area contributed by atoms with Crippen LogP contribution in [0.1, 0.15) is 27.1 Å². The molecule has 2 aromatic heterocycles. The number of methoxy groups -OCH3 is 1. The first-order chi connectivity index (χ1) is 16.2. The third-order valence-corrected chi connectivity index (χ3v) is 7.84. The lowest BCUT2D eigenvalue weighted by molar-refractivity contribution is 0.390. The number of hydrazone groups is 1. The smallest absolute Gasteiger partial charge is 0.339 e. The molecule has 0 bridgehead atoms. The van der Waals surface area contributed by atoms with Crippen molar-refractivity contribution in [2.45, 2.75) is 32.6 Å². The zero-order valence-electron chi connectivity index (χ0n) is 19.4. The van der Waals surface area contributed by atoms with Crippen molar-refractivity contribution in [3.63, 3.8) is 0 Å². The maximum Gasteiger partial charge on any atom is 0.339 e. The minimum atomic E-state index is -4.03.